The van der Waals surface area contributed by atoms with Gasteiger partial charge in [-0.15, -0.1) is 0 Å². The summed E-state index contributed by atoms with van der Waals surface area (Å²) in [4.78, 5) is 126. The molecule has 144 heavy (non-hydrogen) atoms. The first-order valence-electron chi connectivity index (χ1n) is 46.8. The second-order valence-corrected chi connectivity index (χ2v) is 35.6. The second kappa shape index (κ2) is 50.3. The lowest BCUT2D eigenvalue weighted by Crippen LogP contribution is -2.51. The van der Waals surface area contributed by atoms with E-state index in [-0.39, 0.29) is 98.5 Å². The molecule has 0 spiro atoms. The van der Waals surface area contributed by atoms with Crippen molar-refractivity contribution in [1.82, 2.24) is 86.4 Å². The lowest BCUT2D eigenvalue weighted by Gasteiger charge is -2.32. The van der Waals surface area contributed by atoms with E-state index < -0.39 is 69.7 Å². The van der Waals surface area contributed by atoms with Crippen LogP contribution in [0.4, 0.5) is 104 Å². The van der Waals surface area contributed by atoms with E-state index in [1.54, 1.807) is 67.1 Å². The van der Waals surface area contributed by atoms with Crippen LogP contribution in [0.3, 0.4) is 0 Å². The van der Waals surface area contributed by atoms with Crippen molar-refractivity contribution in [1.29, 1.82) is 0 Å². The van der Waals surface area contributed by atoms with Gasteiger partial charge in [-0.3, -0.25) is 28.8 Å². The number of nitrogen functional groups attached to an aromatic ring is 6. The van der Waals surface area contributed by atoms with Gasteiger partial charge in [-0.05, 0) is 245 Å². The summed E-state index contributed by atoms with van der Waals surface area (Å²) in [6.07, 6.45) is 11.0. The molecule has 2 atom stereocenters. The van der Waals surface area contributed by atoms with Crippen LogP contribution in [0.2, 0.25) is 0 Å². The number of nitrogens with two attached hydrogens (primary N) is 6. The second-order valence-electron chi connectivity index (χ2n) is 34.7. The minimum atomic E-state index is -4.71. The predicted molar refractivity (Wildman–Crippen MR) is 534 cm³/mol. The Hall–Kier alpha value is -14.7. The number of hydrogen-bond acceptors (Lipinski definition) is 34. The molecule has 34 nitrogen and oxygen atoms in total. The van der Waals surface area contributed by atoms with Crippen molar-refractivity contribution in [3.05, 3.63) is 289 Å². The average Bonchev–Trinajstić information content (AvgIpc) is 0.840. The van der Waals surface area contributed by atoms with Crippen molar-refractivity contribution in [2.75, 3.05) is 127 Å². The maximum atomic E-state index is 13.3. The van der Waals surface area contributed by atoms with Crippen LogP contribution in [0.5, 0.6) is 0 Å². The van der Waals surface area contributed by atoms with Gasteiger partial charge in [-0.25, -0.2) is 59.8 Å². The topological polar surface area (TPSA) is 525 Å². The first kappa shape index (κ1) is 107. The number of nitrogens with one attached hydrogen (secondary N) is 9. The number of ketones is 6. The van der Waals surface area contributed by atoms with E-state index in [0.29, 0.717) is 90.5 Å². The highest BCUT2D eigenvalue weighted by molar-refractivity contribution is 9.10. The fourth-order valence-corrected chi connectivity index (χ4v) is 16.9. The zero-order valence-corrected chi connectivity index (χ0v) is 80.0. The summed E-state index contributed by atoms with van der Waals surface area (Å²) in [6.45, 7) is 7.93. The molecule has 44 heteroatoms. The fourth-order valence-electron chi connectivity index (χ4n) is 16.5. The van der Waals surface area contributed by atoms with Crippen LogP contribution in [0, 0.1) is 5.92 Å². The van der Waals surface area contributed by atoms with Crippen molar-refractivity contribution in [2.24, 2.45) is 5.92 Å². The van der Waals surface area contributed by atoms with Gasteiger partial charge in [-0.1, -0.05) is 56.7 Å². The number of carbonyl (C=O) groups is 6. The van der Waals surface area contributed by atoms with Crippen LogP contribution >= 0.6 is 15.9 Å². The molecule has 6 fully saturated rings. The lowest BCUT2D eigenvalue weighted by atomic mass is 9.94. The molecule has 0 bridgehead atoms. The molecule has 0 radical (unpaired) electrons. The van der Waals surface area contributed by atoms with Gasteiger partial charge < -0.3 is 87.2 Å². The van der Waals surface area contributed by atoms with Gasteiger partial charge in [0.2, 0.25) is 34.7 Å². The molecule has 12 aromatic rings. The third-order valence-corrected chi connectivity index (χ3v) is 24.8. The molecular formula is C100H110BrF9N28O6. The third kappa shape index (κ3) is 29.5. The molecule has 756 valence electrons. The molecule has 0 amide bonds. The van der Waals surface area contributed by atoms with Crippen molar-refractivity contribution in [3.8, 4) is 0 Å². The molecule has 16 heterocycles. The maximum absolute atomic E-state index is 13.3. The van der Waals surface area contributed by atoms with Crippen molar-refractivity contribution >= 4 is 115 Å². The Balaban J connectivity index is 0.000000145. The first-order valence-corrected chi connectivity index (χ1v) is 47.6. The maximum Gasteiger partial charge on any atom is 0.418 e. The minimum Gasteiger partial charge on any atom is -0.383 e. The zero-order valence-electron chi connectivity index (χ0n) is 78.4. The van der Waals surface area contributed by atoms with E-state index >= 15 is 0 Å². The van der Waals surface area contributed by atoms with Crippen LogP contribution in [0.25, 0.3) is 0 Å². The SMILES string of the molecule is CN(c1cccc(C(=O)c2cc(Br)cnc2N)n1)C1CCCCC1.Nc1ncccc1C(=O)c1cccc(CNC2CCNCC2)n1.Nc1ncccc1C(=O)c1cccc(NC2CCCCC2)n1.Nc1ncccc1C(=O)c1nc(NC2CCNC2)ccc1C(F)(F)F.Nc1ncccc1C(=O)c1nc(NC2CNC2)ccc1C(F)(F)F.Nc1ncccc1C(=O)c1nc(NCC2CCNC2)ccc1C(F)(F)F. The number of hydrogen-bond donors (Lipinski definition) is 15. The molecule has 4 aliphatic heterocycles. The Morgan fingerprint density at radius 1 is 0.368 bits per heavy atom. The van der Waals surface area contributed by atoms with Crippen LogP contribution in [0.1, 0.15) is 209 Å². The number of pyridine rings is 12. The number of halogens is 10. The number of aromatic nitrogens is 12. The molecule has 18 rings (SSSR count). The quantitative estimate of drug-likeness (QED) is 0.0177. The van der Waals surface area contributed by atoms with Crippen LogP contribution in [-0.2, 0) is 25.1 Å². The number of rotatable bonds is 26. The van der Waals surface area contributed by atoms with E-state index in [4.69, 9.17) is 34.4 Å². The molecule has 21 N–H and O–H groups in total. The normalized spacial score (nSPS) is 16.0. The zero-order chi connectivity index (χ0) is 103. The summed E-state index contributed by atoms with van der Waals surface area (Å²) in [5.74, 6) is -0.470. The summed E-state index contributed by atoms with van der Waals surface area (Å²) in [5, 5.41) is 28.7. The van der Waals surface area contributed by atoms with Gasteiger partial charge in [0, 0.05) is 106 Å². The summed E-state index contributed by atoms with van der Waals surface area (Å²) in [6, 6.07) is 41.0. The van der Waals surface area contributed by atoms with E-state index in [1.165, 1.54) is 125 Å². The van der Waals surface area contributed by atoms with Gasteiger partial charge in [0.15, 0.2) is 0 Å². The Morgan fingerprint density at radius 3 is 1.22 bits per heavy atom. The predicted octanol–water partition coefficient (Wildman–Crippen LogP) is 14.1. The highest BCUT2D eigenvalue weighted by Gasteiger charge is 2.41. The standard InChI is InChI=1S/C18H21BrN4O.C17H18F3N5O.C17H21N5O.C17H20N4O.C16H16F3N5O.C15H14F3N5O/c1-23(13-6-3-2-4-7-13)16-9-5-8-15(22-16)17(24)14-10-12(19)11-21-18(14)20;18-17(19,20)12-3-4-13(24-9-10-5-7-22-8-10)25-14(12)15(26)11-2-1-6-23-16(11)21;18-17-14(4-2-8-20-17)16(23)15-5-1-3-13(22-15)11-21-12-6-9-19-10-7-12;18-17-13(8-5-11-19-17)16(22)14-9-4-10-15(21-14)20-12-6-2-1-3-7-12;17-16(18,19)11-3-4-12(23-9-5-7-21-8-9)24-13(11)14(25)10-2-1-6-22-15(10)20;16-15(17,18)10-3-4-11(22-8-6-20-7-8)23-12(10)13(24)9-2-1-5-21-14(9)19/h5,8-11,13H,2-4,6-7H2,1H3,(H2,20,21);1-4,6,10,22H,5,7-9H2,(H2,21,23)(H,24,25);1-5,8,12,19,21H,6-7,9-11H2,(H2,18,20);4-5,8-12H,1-3,6-7H2,(H2,18,19)(H,20,21);1-4,6,9,21H,5,7-8H2,(H2,20,22)(H,23,24);1-5,8,20H,6-7H2,(H2,19,21)(H,22,23). The van der Waals surface area contributed by atoms with E-state index in [2.05, 4.69) is 136 Å². The lowest BCUT2D eigenvalue weighted by molar-refractivity contribution is -0.138. The third-order valence-electron chi connectivity index (χ3n) is 24.4. The van der Waals surface area contributed by atoms with Crippen molar-refractivity contribution in [2.45, 2.75) is 145 Å². The van der Waals surface area contributed by atoms with Gasteiger partial charge in [0.05, 0.1) is 61.8 Å². The number of carbonyl (C=O) groups excluding carboxylic acids is 6. The Labute approximate surface area is 831 Å². The molecule has 2 unspecified atom stereocenters. The Morgan fingerprint density at radius 2 is 0.757 bits per heavy atom. The fraction of sp³-hybridized carbons (Fsp3) is 0.340. The summed E-state index contributed by atoms with van der Waals surface area (Å²) in [7, 11) is 2.06. The summed E-state index contributed by atoms with van der Waals surface area (Å²) < 4.78 is 120. The number of alkyl halides is 9. The Bertz CT molecular complexity index is 6440. The number of anilines is 11. The van der Waals surface area contributed by atoms with E-state index in [0.717, 1.165) is 111 Å². The Kier molecular flexibility index (Phi) is 37.2. The molecule has 2 saturated carbocycles. The highest BCUT2D eigenvalue weighted by atomic mass is 79.9. The minimum absolute atomic E-state index is 0.0515. The van der Waals surface area contributed by atoms with Crippen LogP contribution in [-0.4, -0.2) is 191 Å². The molecule has 0 aromatic carbocycles. The summed E-state index contributed by atoms with van der Waals surface area (Å²) >= 11 is 3.33. The van der Waals surface area contributed by atoms with Crippen LogP contribution in [0.15, 0.2) is 199 Å². The van der Waals surface area contributed by atoms with E-state index in [1.807, 2.05) is 36.4 Å². The first-order chi connectivity index (χ1) is 69.1. The largest absolute Gasteiger partial charge is 0.418 e. The highest BCUT2D eigenvalue weighted by Crippen LogP contribution is 2.38. The van der Waals surface area contributed by atoms with Gasteiger partial charge in [0.25, 0.3) is 0 Å². The van der Waals surface area contributed by atoms with Crippen molar-refractivity contribution in [3.63, 3.8) is 0 Å². The van der Waals surface area contributed by atoms with Gasteiger partial charge >= 0.3 is 18.5 Å². The molecule has 6 aliphatic rings. The van der Waals surface area contributed by atoms with Gasteiger partial charge in [-0.2, -0.15) is 39.5 Å². The number of piperidine rings is 1. The smallest absolute Gasteiger partial charge is 0.383 e. The molecule has 12 aromatic heterocycles. The van der Waals surface area contributed by atoms with E-state index in [9.17, 15) is 68.3 Å². The molecule has 4 saturated heterocycles. The van der Waals surface area contributed by atoms with Crippen molar-refractivity contribution < 1.29 is 68.3 Å². The molecular weight excluding hydrogens is 1940 g/mol. The molecule has 2 aliphatic carbocycles. The van der Waals surface area contributed by atoms with Gasteiger partial charge in [0.1, 0.15) is 98.2 Å². The van der Waals surface area contributed by atoms with Crippen LogP contribution < -0.4 is 87.2 Å². The average molecular weight is 2050 g/mol. The number of nitrogens with zero attached hydrogens (tertiary/aromatic N) is 13. The summed E-state index contributed by atoms with van der Waals surface area (Å²) in [5.41, 5.74) is 31.7. The monoisotopic (exact) mass is 2050 g/mol.